The molecule has 0 unspecified atom stereocenters. The normalized spacial score (nSPS) is 27.5. The zero-order valence-corrected chi connectivity index (χ0v) is 18.4. The summed E-state index contributed by atoms with van der Waals surface area (Å²) in [6, 6.07) is 10.6. The lowest BCUT2D eigenvalue weighted by atomic mass is 9.74. The molecule has 168 valence electrons. The van der Waals surface area contributed by atoms with Gasteiger partial charge in [0.15, 0.2) is 0 Å². The minimum atomic E-state index is -0.354. The van der Waals surface area contributed by atoms with Crippen LogP contribution in [0.25, 0.3) is 0 Å². The van der Waals surface area contributed by atoms with Gasteiger partial charge in [-0.05, 0) is 38.2 Å². The third kappa shape index (κ3) is 5.17. The van der Waals surface area contributed by atoms with Gasteiger partial charge >= 0.3 is 0 Å². The predicted octanol–water partition coefficient (Wildman–Crippen LogP) is 1.88. The summed E-state index contributed by atoms with van der Waals surface area (Å²) in [7, 11) is 0. The lowest BCUT2D eigenvalue weighted by Gasteiger charge is -2.37. The molecule has 1 aromatic carbocycles. The van der Waals surface area contributed by atoms with Crippen LogP contribution in [0.1, 0.15) is 37.1 Å². The van der Waals surface area contributed by atoms with E-state index < -0.39 is 0 Å². The molecule has 1 aromatic heterocycles. The minimum Gasteiger partial charge on any atom is -0.391 e. The molecule has 0 spiro atoms. The average Bonchev–Trinajstić information content (AvgIpc) is 3.12. The molecule has 3 atom stereocenters. The van der Waals surface area contributed by atoms with Crippen molar-refractivity contribution in [2.45, 2.75) is 56.7 Å². The van der Waals surface area contributed by atoms with E-state index in [4.69, 9.17) is 4.74 Å². The molecule has 0 radical (unpaired) electrons. The van der Waals surface area contributed by atoms with Crippen LogP contribution in [0, 0.1) is 6.92 Å². The first-order chi connectivity index (χ1) is 15.1. The van der Waals surface area contributed by atoms with Crippen molar-refractivity contribution in [2.75, 3.05) is 32.8 Å². The highest BCUT2D eigenvalue weighted by Gasteiger charge is 2.40. The highest BCUT2D eigenvalue weighted by molar-refractivity contribution is 5.76. The largest absolute Gasteiger partial charge is 0.391 e. The Morgan fingerprint density at radius 3 is 2.68 bits per heavy atom. The first-order valence-electron chi connectivity index (χ1n) is 11.4. The number of nitrogens with one attached hydrogen (secondary N) is 1. The van der Waals surface area contributed by atoms with Gasteiger partial charge < -0.3 is 19.7 Å². The third-order valence-electron chi connectivity index (χ3n) is 7.04. The Bertz CT molecular complexity index is 850. The van der Waals surface area contributed by atoms with E-state index in [1.807, 2.05) is 23.8 Å². The lowest BCUT2D eigenvalue weighted by molar-refractivity contribution is -0.122. The van der Waals surface area contributed by atoms with Crippen molar-refractivity contribution in [3.63, 3.8) is 0 Å². The van der Waals surface area contributed by atoms with E-state index in [-0.39, 0.29) is 30.0 Å². The molecule has 1 aliphatic carbocycles. The highest BCUT2D eigenvalue weighted by Crippen LogP contribution is 2.39. The number of rotatable bonds is 6. The number of aliphatic hydroxyl groups excluding tert-OH is 1. The third-order valence-corrected chi connectivity index (χ3v) is 7.04. The Morgan fingerprint density at radius 1 is 1.23 bits per heavy atom. The second kappa shape index (κ2) is 9.94. The topological polar surface area (TPSA) is 79.6 Å². The van der Waals surface area contributed by atoms with Gasteiger partial charge in [0, 0.05) is 43.5 Å². The Kier molecular flexibility index (Phi) is 7.05. The van der Waals surface area contributed by atoms with Crippen LogP contribution in [-0.4, -0.2) is 70.5 Å². The number of nitrogens with zero attached hydrogens (tertiary/aromatic N) is 3. The number of amides is 1. The van der Waals surface area contributed by atoms with Crippen molar-refractivity contribution >= 4 is 5.91 Å². The molecule has 1 saturated heterocycles. The molecule has 7 heteroatoms. The summed E-state index contributed by atoms with van der Waals surface area (Å²) in [6.07, 6.45) is 6.61. The van der Waals surface area contributed by atoms with Crippen LogP contribution in [0.4, 0.5) is 0 Å². The van der Waals surface area contributed by atoms with Crippen molar-refractivity contribution in [2.24, 2.45) is 0 Å². The molecule has 2 heterocycles. The number of hydrogen-bond acceptors (Lipinski definition) is 5. The molecule has 4 rings (SSSR count). The summed E-state index contributed by atoms with van der Waals surface area (Å²) in [5.74, 6) is 0.824. The number of aliphatic hydroxyl groups is 1. The van der Waals surface area contributed by atoms with Gasteiger partial charge in [-0.25, -0.2) is 4.98 Å². The molecule has 1 aliphatic heterocycles. The van der Waals surface area contributed by atoms with Crippen LogP contribution < -0.4 is 5.32 Å². The summed E-state index contributed by atoms with van der Waals surface area (Å²) in [6.45, 7) is 5.97. The Balaban J connectivity index is 1.49. The molecule has 2 N–H and O–H groups in total. The minimum absolute atomic E-state index is 0.00840. The van der Waals surface area contributed by atoms with E-state index in [1.54, 1.807) is 6.20 Å². The van der Waals surface area contributed by atoms with Gasteiger partial charge in [-0.15, -0.1) is 0 Å². The van der Waals surface area contributed by atoms with Crippen LogP contribution in [0.2, 0.25) is 0 Å². The molecule has 1 saturated carbocycles. The smallest absolute Gasteiger partial charge is 0.240 e. The van der Waals surface area contributed by atoms with Crippen LogP contribution in [0.3, 0.4) is 0 Å². The van der Waals surface area contributed by atoms with Gasteiger partial charge in [0.05, 0.1) is 19.3 Å². The molecule has 0 bridgehead atoms. The fourth-order valence-electron chi connectivity index (χ4n) is 5.10. The maximum Gasteiger partial charge on any atom is 0.240 e. The monoisotopic (exact) mass is 426 g/mol. The second-order valence-corrected chi connectivity index (χ2v) is 8.89. The molecule has 1 amide bonds. The number of morpholine rings is 1. The number of carbonyl (C=O) groups excluding carboxylic acids is 1. The van der Waals surface area contributed by atoms with Crippen molar-refractivity contribution in [3.8, 4) is 0 Å². The van der Waals surface area contributed by atoms with Crippen LogP contribution in [0.15, 0.2) is 42.7 Å². The molecule has 2 aliphatic rings. The highest BCUT2D eigenvalue weighted by atomic mass is 16.5. The lowest BCUT2D eigenvalue weighted by Crippen LogP contribution is -2.48. The SMILES string of the molecule is Cc1nccn1CC(=O)NC[C@]1(c2ccccc2)CC[C@@H](O)[C@H](N2CCOCC2)CC1. The molecule has 2 fully saturated rings. The quantitative estimate of drug-likeness (QED) is 0.690. The summed E-state index contributed by atoms with van der Waals surface area (Å²) in [4.78, 5) is 19.3. The Labute approximate surface area is 184 Å². The van der Waals surface area contributed by atoms with Gasteiger partial charge in [-0.3, -0.25) is 9.69 Å². The number of hydrogen-bond donors (Lipinski definition) is 2. The van der Waals surface area contributed by atoms with Gasteiger partial charge in [-0.2, -0.15) is 0 Å². The number of benzene rings is 1. The van der Waals surface area contributed by atoms with Crippen LogP contribution in [-0.2, 0) is 21.5 Å². The first kappa shape index (κ1) is 22.0. The zero-order valence-electron chi connectivity index (χ0n) is 18.4. The molecular formula is C24H34N4O3. The van der Waals surface area contributed by atoms with E-state index in [0.29, 0.717) is 6.54 Å². The van der Waals surface area contributed by atoms with E-state index in [2.05, 4.69) is 39.5 Å². The molecule has 7 nitrogen and oxygen atoms in total. The number of carbonyl (C=O) groups is 1. The standard InChI is InChI=1S/C24H34N4O3/c1-19-25-11-12-28(19)17-23(30)26-18-24(20-5-3-2-4-6-20)9-7-21(22(29)8-10-24)27-13-15-31-16-14-27/h2-6,11-12,21-22,29H,7-10,13-18H2,1H3,(H,26,30)/t21-,22-,24-/m1/s1. The van der Waals surface area contributed by atoms with Crippen molar-refractivity contribution in [1.82, 2.24) is 19.8 Å². The van der Waals surface area contributed by atoms with E-state index in [9.17, 15) is 9.90 Å². The Morgan fingerprint density at radius 2 is 1.97 bits per heavy atom. The van der Waals surface area contributed by atoms with Crippen molar-refractivity contribution < 1.29 is 14.6 Å². The average molecular weight is 427 g/mol. The van der Waals surface area contributed by atoms with Crippen LogP contribution >= 0.6 is 0 Å². The summed E-state index contributed by atoms with van der Waals surface area (Å²) < 4.78 is 7.36. The van der Waals surface area contributed by atoms with Gasteiger partial charge in [0.25, 0.3) is 0 Å². The van der Waals surface area contributed by atoms with Crippen molar-refractivity contribution in [1.29, 1.82) is 0 Å². The van der Waals surface area contributed by atoms with Crippen molar-refractivity contribution in [3.05, 3.63) is 54.1 Å². The summed E-state index contributed by atoms with van der Waals surface area (Å²) in [5, 5.41) is 14.2. The fourth-order valence-corrected chi connectivity index (χ4v) is 5.10. The van der Waals surface area contributed by atoms with E-state index >= 15 is 0 Å². The number of aryl methyl sites for hydroxylation is 1. The predicted molar refractivity (Wildman–Crippen MR) is 119 cm³/mol. The summed E-state index contributed by atoms with van der Waals surface area (Å²) >= 11 is 0. The van der Waals surface area contributed by atoms with Gasteiger partial charge in [0.2, 0.25) is 5.91 Å². The number of imidazole rings is 1. The van der Waals surface area contributed by atoms with E-state index in [0.717, 1.165) is 57.8 Å². The number of ether oxygens (including phenoxy) is 1. The molecule has 2 aromatic rings. The maximum absolute atomic E-state index is 12.7. The molecular weight excluding hydrogens is 392 g/mol. The van der Waals surface area contributed by atoms with Gasteiger partial charge in [-0.1, -0.05) is 30.3 Å². The maximum atomic E-state index is 12.7. The zero-order chi connectivity index (χ0) is 21.7. The number of aromatic nitrogens is 2. The second-order valence-electron chi connectivity index (χ2n) is 8.89. The molecule has 31 heavy (non-hydrogen) atoms. The Hall–Kier alpha value is -2.22. The summed E-state index contributed by atoms with van der Waals surface area (Å²) in [5.41, 5.74) is 1.06. The van der Waals surface area contributed by atoms with E-state index in [1.165, 1.54) is 5.56 Å². The first-order valence-corrected chi connectivity index (χ1v) is 11.4. The van der Waals surface area contributed by atoms with Crippen LogP contribution in [0.5, 0.6) is 0 Å². The fraction of sp³-hybridized carbons (Fsp3) is 0.583. The van der Waals surface area contributed by atoms with Gasteiger partial charge in [0.1, 0.15) is 12.4 Å².